The molecule has 1 aromatic heterocycles. The van der Waals surface area contributed by atoms with Crippen LogP contribution >= 0.6 is 22.9 Å². The molecule has 0 fully saturated rings. The van der Waals surface area contributed by atoms with Crippen LogP contribution in [0, 0.1) is 12.7 Å². The summed E-state index contributed by atoms with van der Waals surface area (Å²) in [5.41, 5.74) is 0.751. The molecule has 0 saturated heterocycles. The molecule has 0 atom stereocenters. The zero-order chi connectivity index (χ0) is 13.8. The molecule has 0 unspecified atom stereocenters. The Balaban J connectivity index is 2.05. The fourth-order valence-corrected chi connectivity index (χ4v) is 2.15. The fourth-order valence-electron chi connectivity index (χ4n) is 1.39. The maximum atomic E-state index is 13.5. The molecule has 6 heteroatoms. The molecule has 0 bridgehead atoms. The summed E-state index contributed by atoms with van der Waals surface area (Å²) in [5.74, 6) is -1.08. The van der Waals surface area contributed by atoms with Gasteiger partial charge in [0.1, 0.15) is 0 Å². The predicted molar refractivity (Wildman–Crippen MR) is 75.9 cm³/mol. The van der Waals surface area contributed by atoms with Crippen molar-refractivity contribution in [1.29, 1.82) is 0 Å². The van der Waals surface area contributed by atoms with Gasteiger partial charge in [-0.3, -0.25) is 4.79 Å². The molecule has 3 nitrogen and oxygen atoms in total. The highest BCUT2D eigenvalue weighted by Gasteiger charge is 2.07. The Morgan fingerprint density at radius 1 is 1.53 bits per heavy atom. The summed E-state index contributed by atoms with van der Waals surface area (Å²) in [6.45, 7) is 1.88. The number of thiazole rings is 1. The topological polar surface area (TPSA) is 42.0 Å². The second kappa shape index (κ2) is 5.95. The largest absolute Gasteiger partial charge is 0.320 e. The number of carbonyl (C=O) groups is 1. The Labute approximate surface area is 118 Å². The fraction of sp³-hybridized carbons (Fsp3) is 0.0769. The van der Waals surface area contributed by atoms with Crippen LogP contribution in [-0.4, -0.2) is 10.9 Å². The molecule has 1 aromatic carbocycles. The molecule has 2 rings (SSSR count). The first-order valence-electron chi connectivity index (χ1n) is 5.41. The van der Waals surface area contributed by atoms with Crippen molar-refractivity contribution in [2.75, 3.05) is 5.32 Å². The number of hydrogen-bond acceptors (Lipinski definition) is 3. The van der Waals surface area contributed by atoms with Crippen LogP contribution in [0.3, 0.4) is 0 Å². The third-order valence-electron chi connectivity index (χ3n) is 2.25. The van der Waals surface area contributed by atoms with Gasteiger partial charge in [0.15, 0.2) is 5.82 Å². The molecule has 0 aliphatic heterocycles. The first kappa shape index (κ1) is 13.7. The molecule has 1 heterocycles. The van der Waals surface area contributed by atoms with Crippen LogP contribution in [0.15, 0.2) is 29.7 Å². The Hall–Kier alpha value is -1.72. The molecule has 0 radical (unpaired) electrons. The van der Waals surface area contributed by atoms with E-state index < -0.39 is 11.7 Å². The van der Waals surface area contributed by atoms with E-state index in [4.69, 9.17) is 11.6 Å². The summed E-state index contributed by atoms with van der Waals surface area (Å²) < 4.78 is 13.5. The molecule has 2 aromatic rings. The van der Waals surface area contributed by atoms with Crippen molar-refractivity contribution >= 4 is 40.6 Å². The van der Waals surface area contributed by atoms with Gasteiger partial charge in [0.25, 0.3) is 0 Å². The SMILES string of the molecule is Cc1nc(/C=C/C(=O)Nc2cccc(Cl)c2F)cs1. The van der Waals surface area contributed by atoms with Gasteiger partial charge in [-0.25, -0.2) is 9.37 Å². The number of carbonyl (C=O) groups excluding carboxylic acids is 1. The van der Waals surface area contributed by atoms with E-state index in [1.807, 2.05) is 12.3 Å². The zero-order valence-electron chi connectivity index (χ0n) is 9.98. The van der Waals surface area contributed by atoms with Crippen molar-refractivity contribution in [3.63, 3.8) is 0 Å². The Morgan fingerprint density at radius 3 is 3.00 bits per heavy atom. The average molecular weight is 297 g/mol. The number of anilines is 1. The number of halogens is 2. The van der Waals surface area contributed by atoms with Crippen LogP contribution in [0.4, 0.5) is 10.1 Å². The van der Waals surface area contributed by atoms with Crippen molar-refractivity contribution in [2.24, 2.45) is 0 Å². The summed E-state index contributed by atoms with van der Waals surface area (Å²) in [6.07, 6.45) is 2.87. The lowest BCUT2D eigenvalue weighted by Gasteiger charge is -2.04. The number of rotatable bonds is 3. The molecule has 0 aliphatic carbocycles. The zero-order valence-corrected chi connectivity index (χ0v) is 11.6. The highest BCUT2D eigenvalue weighted by molar-refractivity contribution is 7.09. The van der Waals surface area contributed by atoms with E-state index in [0.717, 1.165) is 5.01 Å². The monoisotopic (exact) mass is 296 g/mol. The number of nitrogens with zero attached hydrogens (tertiary/aromatic N) is 1. The lowest BCUT2D eigenvalue weighted by Crippen LogP contribution is -2.09. The molecule has 19 heavy (non-hydrogen) atoms. The highest BCUT2D eigenvalue weighted by atomic mass is 35.5. The first-order valence-corrected chi connectivity index (χ1v) is 6.67. The molecule has 1 amide bonds. The first-order chi connectivity index (χ1) is 9.06. The van der Waals surface area contributed by atoms with Crippen molar-refractivity contribution in [3.05, 3.63) is 51.2 Å². The molecule has 1 N–H and O–H groups in total. The summed E-state index contributed by atoms with van der Waals surface area (Å²) in [6, 6.07) is 4.43. The summed E-state index contributed by atoms with van der Waals surface area (Å²) >= 11 is 7.11. The number of benzene rings is 1. The van der Waals surface area contributed by atoms with Gasteiger partial charge in [-0.1, -0.05) is 17.7 Å². The van der Waals surface area contributed by atoms with Crippen LogP contribution in [0.25, 0.3) is 6.08 Å². The van der Waals surface area contributed by atoms with Crippen LogP contribution in [0.1, 0.15) is 10.7 Å². The van der Waals surface area contributed by atoms with Crippen LogP contribution in [0.5, 0.6) is 0 Å². The smallest absolute Gasteiger partial charge is 0.248 e. The molecule has 0 saturated carbocycles. The molecular formula is C13H10ClFN2OS. The van der Waals surface area contributed by atoms with Gasteiger partial charge in [0, 0.05) is 11.5 Å². The molecule has 0 spiro atoms. The minimum Gasteiger partial charge on any atom is -0.320 e. The average Bonchev–Trinajstić information content (AvgIpc) is 2.78. The maximum Gasteiger partial charge on any atom is 0.248 e. The molecule has 98 valence electrons. The Bertz CT molecular complexity index is 639. The van der Waals surface area contributed by atoms with Crippen molar-refractivity contribution in [1.82, 2.24) is 4.98 Å². The van der Waals surface area contributed by atoms with Gasteiger partial charge >= 0.3 is 0 Å². The Morgan fingerprint density at radius 2 is 2.32 bits per heavy atom. The van der Waals surface area contributed by atoms with Crippen LogP contribution < -0.4 is 5.32 Å². The van der Waals surface area contributed by atoms with Crippen molar-refractivity contribution in [3.8, 4) is 0 Å². The van der Waals surface area contributed by atoms with E-state index >= 15 is 0 Å². The minimum atomic E-state index is -0.643. The van der Waals surface area contributed by atoms with Crippen LogP contribution in [-0.2, 0) is 4.79 Å². The van der Waals surface area contributed by atoms with E-state index in [-0.39, 0.29) is 10.7 Å². The second-order valence-electron chi connectivity index (χ2n) is 3.72. The quantitative estimate of drug-likeness (QED) is 0.873. The summed E-state index contributed by atoms with van der Waals surface area (Å²) in [7, 11) is 0. The van der Waals surface area contributed by atoms with Gasteiger partial charge in [-0.05, 0) is 25.1 Å². The van der Waals surface area contributed by atoms with E-state index in [1.165, 1.54) is 29.5 Å². The van der Waals surface area contributed by atoms with Gasteiger partial charge < -0.3 is 5.32 Å². The van der Waals surface area contributed by atoms with E-state index in [0.29, 0.717) is 5.69 Å². The van der Waals surface area contributed by atoms with Gasteiger partial charge in [-0.15, -0.1) is 11.3 Å². The number of hydrogen-bond donors (Lipinski definition) is 1. The standard InChI is InChI=1S/C13H10ClFN2OS/c1-8-16-9(7-19-8)5-6-12(18)17-11-4-2-3-10(14)13(11)15/h2-7H,1H3,(H,17,18)/b6-5+. The second-order valence-corrected chi connectivity index (χ2v) is 5.18. The summed E-state index contributed by atoms with van der Waals surface area (Å²) in [4.78, 5) is 15.8. The number of aryl methyl sites for hydroxylation is 1. The lowest BCUT2D eigenvalue weighted by atomic mass is 10.3. The van der Waals surface area contributed by atoms with Crippen molar-refractivity contribution in [2.45, 2.75) is 6.92 Å². The third kappa shape index (κ3) is 3.62. The normalized spacial score (nSPS) is 10.9. The van der Waals surface area contributed by atoms with E-state index in [9.17, 15) is 9.18 Å². The maximum absolute atomic E-state index is 13.5. The van der Waals surface area contributed by atoms with Crippen molar-refractivity contribution < 1.29 is 9.18 Å². The number of aromatic nitrogens is 1. The Kier molecular flexibility index (Phi) is 4.29. The predicted octanol–water partition coefficient (Wildman–Crippen LogP) is 3.90. The summed E-state index contributed by atoms with van der Waals surface area (Å²) in [5, 5.41) is 5.14. The van der Waals surface area contributed by atoms with Gasteiger partial charge in [0.2, 0.25) is 5.91 Å². The minimum absolute atomic E-state index is 0.0306. The highest BCUT2D eigenvalue weighted by Crippen LogP contribution is 2.21. The van der Waals surface area contributed by atoms with E-state index in [1.54, 1.807) is 12.1 Å². The third-order valence-corrected chi connectivity index (χ3v) is 3.34. The van der Waals surface area contributed by atoms with Gasteiger partial charge in [0.05, 0.1) is 21.4 Å². The van der Waals surface area contributed by atoms with E-state index in [2.05, 4.69) is 10.3 Å². The van der Waals surface area contributed by atoms with Crippen LogP contribution in [0.2, 0.25) is 5.02 Å². The number of nitrogens with one attached hydrogen (secondary N) is 1. The van der Waals surface area contributed by atoms with Gasteiger partial charge in [-0.2, -0.15) is 0 Å². The molecular weight excluding hydrogens is 287 g/mol. The lowest BCUT2D eigenvalue weighted by molar-refractivity contribution is -0.111. The molecule has 0 aliphatic rings. The number of amides is 1.